The first-order chi connectivity index (χ1) is 12.5. The van der Waals surface area contributed by atoms with Crippen LogP contribution in [0, 0.1) is 6.92 Å². The van der Waals surface area contributed by atoms with Gasteiger partial charge in [0.15, 0.2) is 0 Å². The van der Waals surface area contributed by atoms with E-state index in [1.54, 1.807) is 0 Å². The lowest BCUT2D eigenvalue weighted by Crippen LogP contribution is -2.29. The first-order valence-electron chi connectivity index (χ1n) is 7.86. The van der Waals surface area contributed by atoms with Crippen LogP contribution in [0.5, 0.6) is 0 Å². The van der Waals surface area contributed by atoms with E-state index in [-0.39, 0.29) is 16.8 Å². The van der Waals surface area contributed by atoms with Gasteiger partial charge in [0.25, 0.3) is 0 Å². The zero-order valence-corrected chi connectivity index (χ0v) is 14.8. The van der Waals surface area contributed by atoms with Crippen LogP contribution in [0.3, 0.4) is 0 Å². The molecule has 7 nitrogen and oxygen atoms in total. The molecule has 0 fully saturated rings. The van der Waals surface area contributed by atoms with Crippen molar-refractivity contribution in [2.24, 2.45) is 0 Å². The topological polar surface area (TPSA) is 93.7 Å². The summed E-state index contributed by atoms with van der Waals surface area (Å²) in [6.45, 7) is 2.27. The van der Waals surface area contributed by atoms with E-state index in [2.05, 4.69) is 15.4 Å². The van der Waals surface area contributed by atoms with E-state index in [4.69, 9.17) is 4.74 Å². The first kappa shape index (κ1) is 19.0. The molecular formula is C19H20N2O5. The van der Waals surface area contributed by atoms with Gasteiger partial charge in [-0.3, -0.25) is 0 Å². The largest absolute Gasteiger partial charge is 0.465 e. The SMILES string of the molecule is COC(=O)c1ccc(C(=O)OC)c(NC(=O)NCc2ccccc2C)c1. The van der Waals surface area contributed by atoms with Crippen molar-refractivity contribution < 1.29 is 23.9 Å². The van der Waals surface area contributed by atoms with E-state index in [9.17, 15) is 14.4 Å². The summed E-state index contributed by atoms with van der Waals surface area (Å²) in [6.07, 6.45) is 0. The van der Waals surface area contributed by atoms with Crippen molar-refractivity contribution in [1.82, 2.24) is 5.32 Å². The molecule has 2 N–H and O–H groups in total. The van der Waals surface area contributed by atoms with Gasteiger partial charge >= 0.3 is 18.0 Å². The van der Waals surface area contributed by atoms with Crippen molar-refractivity contribution in [3.8, 4) is 0 Å². The third kappa shape index (κ3) is 4.60. The van der Waals surface area contributed by atoms with Crippen LogP contribution in [0.25, 0.3) is 0 Å². The molecule has 0 aliphatic carbocycles. The van der Waals surface area contributed by atoms with Gasteiger partial charge in [0.1, 0.15) is 0 Å². The second-order valence-electron chi connectivity index (χ2n) is 5.48. The van der Waals surface area contributed by atoms with E-state index in [1.165, 1.54) is 32.4 Å². The van der Waals surface area contributed by atoms with Crippen molar-refractivity contribution in [3.05, 3.63) is 64.7 Å². The molecule has 0 saturated heterocycles. The van der Waals surface area contributed by atoms with Gasteiger partial charge in [0, 0.05) is 6.54 Å². The number of carbonyl (C=O) groups is 3. The van der Waals surface area contributed by atoms with Gasteiger partial charge in [0.2, 0.25) is 0 Å². The number of nitrogens with one attached hydrogen (secondary N) is 2. The zero-order valence-electron chi connectivity index (χ0n) is 14.8. The predicted molar refractivity (Wildman–Crippen MR) is 96.2 cm³/mol. The zero-order chi connectivity index (χ0) is 19.1. The predicted octanol–water partition coefficient (Wildman–Crippen LogP) is 2.89. The molecule has 2 amide bonds. The van der Waals surface area contributed by atoms with Gasteiger partial charge in [-0.15, -0.1) is 0 Å². The van der Waals surface area contributed by atoms with Gasteiger partial charge in [-0.1, -0.05) is 24.3 Å². The second-order valence-corrected chi connectivity index (χ2v) is 5.48. The lowest BCUT2D eigenvalue weighted by molar-refractivity contribution is 0.0587. The fourth-order valence-corrected chi connectivity index (χ4v) is 2.33. The van der Waals surface area contributed by atoms with Crippen LogP contribution < -0.4 is 10.6 Å². The quantitative estimate of drug-likeness (QED) is 0.804. The minimum atomic E-state index is -0.629. The average Bonchev–Trinajstić information content (AvgIpc) is 2.66. The number of rotatable bonds is 5. The molecule has 136 valence electrons. The van der Waals surface area contributed by atoms with Gasteiger partial charge in [-0.05, 0) is 36.2 Å². The Morgan fingerprint density at radius 3 is 2.31 bits per heavy atom. The molecule has 26 heavy (non-hydrogen) atoms. The van der Waals surface area contributed by atoms with E-state index < -0.39 is 18.0 Å². The Morgan fingerprint density at radius 1 is 0.962 bits per heavy atom. The first-order valence-corrected chi connectivity index (χ1v) is 7.86. The van der Waals surface area contributed by atoms with E-state index in [0.717, 1.165) is 11.1 Å². The maximum atomic E-state index is 12.2. The molecular weight excluding hydrogens is 336 g/mol. The molecule has 0 radical (unpaired) electrons. The van der Waals surface area contributed by atoms with E-state index in [1.807, 2.05) is 31.2 Å². The van der Waals surface area contributed by atoms with Crippen LogP contribution in [0.15, 0.2) is 42.5 Å². The number of amides is 2. The van der Waals surface area contributed by atoms with Crippen molar-refractivity contribution in [1.29, 1.82) is 0 Å². The lowest BCUT2D eigenvalue weighted by atomic mass is 10.1. The number of anilines is 1. The molecule has 2 rings (SSSR count). The number of urea groups is 1. The minimum absolute atomic E-state index is 0.131. The number of benzene rings is 2. The average molecular weight is 356 g/mol. The summed E-state index contributed by atoms with van der Waals surface area (Å²) in [5.74, 6) is -1.21. The summed E-state index contributed by atoms with van der Waals surface area (Å²) in [4.78, 5) is 35.8. The number of esters is 2. The standard InChI is InChI=1S/C19H20N2O5/c1-12-6-4-5-7-14(12)11-20-19(24)21-16-10-13(17(22)25-2)8-9-15(16)18(23)26-3/h4-10H,11H2,1-3H3,(H2,20,21,24). The number of aryl methyl sites for hydroxylation is 1. The van der Waals surface area contributed by atoms with Crippen molar-refractivity contribution in [2.75, 3.05) is 19.5 Å². The van der Waals surface area contributed by atoms with Crippen LogP contribution in [-0.2, 0) is 16.0 Å². The molecule has 2 aromatic carbocycles. The third-order valence-electron chi connectivity index (χ3n) is 3.79. The monoisotopic (exact) mass is 356 g/mol. The summed E-state index contributed by atoms with van der Waals surface area (Å²) in [5, 5.41) is 5.29. The maximum absolute atomic E-state index is 12.2. The van der Waals surface area contributed by atoms with Crippen molar-refractivity contribution in [3.63, 3.8) is 0 Å². The Morgan fingerprint density at radius 2 is 1.65 bits per heavy atom. The molecule has 0 heterocycles. The molecule has 0 aliphatic rings. The molecule has 0 spiro atoms. The van der Waals surface area contributed by atoms with Gasteiger partial charge < -0.3 is 20.1 Å². The maximum Gasteiger partial charge on any atom is 0.339 e. The number of ether oxygens (including phenoxy) is 2. The molecule has 0 unspecified atom stereocenters. The summed E-state index contributed by atoms with van der Waals surface area (Å²) < 4.78 is 9.36. The van der Waals surface area contributed by atoms with Crippen LogP contribution in [0.1, 0.15) is 31.8 Å². The Bertz CT molecular complexity index is 832. The molecule has 0 bridgehead atoms. The second kappa shape index (κ2) is 8.66. The molecule has 0 aliphatic heterocycles. The highest BCUT2D eigenvalue weighted by molar-refractivity contribution is 6.03. The third-order valence-corrected chi connectivity index (χ3v) is 3.79. The number of methoxy groups -OCH3 is 2. The fraction of sp³-hybridized carbons (Fsp3) is 0.211. The molecule has 7 heteroatoms. The summed E-state index contributed by atoms with van der Waals surface area (Å²) in [6, 6.07) is 11.3. The molecule has 2 aromatic rings. The normalized spacial score (nSPS) is 9.96. The van der Waals surface area contributed by atoms with Crippen molar-refractivity contribution >= 4 is 23.7 Å². The minimum Gasteiger partial charge on any atom is -0.465 e. The number of hydrogen-bond donors (Lipinski definition) is 2. The van der Waals surface area contributed by atoms with E-state index >= 15 is 0 Å². The highest BCUT2D eigenvalue weighted by Crippen LogP contribution is 2.20. The molecule has 0 saturated carbocycles. The fourth-order valence-electron chi connectivity index (χ4n) is 2.33. The van der Waals surface area contributed by atoms with Crippen LogP contribution >= 0.6 is 0 Å². The van der Waals surface area contributed by atoms with Crippen LogP contribution in [0.2, 0.25) is 0 Å². The highest BCUT2D eigenvalue weighted by Gasteiger charge is 2.17. The van der Waals surface area contributed by atoms with Crippen molar-refractivity contribution in [2.45, 2.75) is 13.5 Å². The smallest absolute Gasteiger partial charge is 0.339 e. The van der Waals surface area contributed by atoms with Crippen LogP contribution in [0.4, 0.5) is 10.5 Å². The Balaban J connectivity index is 2.17. The number of carbonyl (C=O) groups excluding carboxylic acids is 3. The highest BCUT2D eigenvalue weighted by atomic mass is 16.5. The molecule has 0 atom stereocenters. The summed E-state index contributed by atoms with van der Waals surface area (Å²) in [5.41, 5.74) is 2.51. The van der Waals surface area contributed by atoms with Crippen LogP contribution in [-0.4, -0.2) is 32.2 Å². The Labute approximate surface area is 151 Å². The Hall–Kier alpha value is -3.35. The van der Waals surface area contributed by atoms with Gasteiger partial charge in [0.05, 0.1) is 31.0 Å². The Kier molecular flexibility index (Phi) is 6.32. The number of hydrogen-bond acceptors (Lipinski definition) is 5. The summed E-state index contributed by atoms with van der Waals surface area (Å²) >= 11 is 0. The molecule has 0 aromatic heterocycles. The van der Waals surface area contributed by atoms with Gasteiger partial charge in [-0.2, -0.15) is 0 Å². The van der Waals surface area contributed by atoms with Gasteiger partial charge in [-0.25, -0.2) is 14.4 Å². The summed E-state index contributed by atoms with van der Waals surface area (Å²) in [7, 11) is 2.48. The van der Waals surface area contributed by atoms with E-state index in [0.29, 0.717) is 6.54 Å². The lowest BCUT2D eigenvalue weighted by Gasteiger charge is -2.13.